The average Bonchev–Trinajstić information content (AvgIpc) is 3.10. The van der Waals surface area contributed by atoms with Crippen LogP contribution in [0.4, 0.5) is 0 Å². The molecule has 3 aromatic rings. The van der Waals surface area contributed by atoms with Gasteiger partial charge in [0.05, 0.1) is 23.9 Å². The van der Waals surface area contributed by atoms with Gasteiger partial charge in [0.15, 0.2) is 0 Å². The molecule has 6 heteroatoms. The minimum absolute atomic E-state index is 0.0148. The molecule has 0 aliphatic carbocycles. The average molecular weight is 322 g/mol. The van der Waals surface area contributed by atoms with Gasteiger partial charge in [0.1, 0.15) is 11.9 Å². The third-order valence-electron chi connectivity index (χ3n) is 4.29. The molecule has 1 aliphatic heterocycles. The Labute approximate surface area is 139 Å². The summed E-state index contributed by atoms with van der Waals surface area (Å²) in [4.78, 5) is 25.9. The second-order valence-corrected chi connectivity index (χ2v) is 5.95. The lowest BCUT2D eigenvalue weighted by atomic mass is 10.1. The van der Waals surface area contributed by atoms with Gasteiger partial charge < -0.3 is 14.6 Å². The Bertz CT molecular complexity index is 846. The van der Waals surface area contributed by atoms with Crippen LogP contribution in [0, 0.1) is 0 Å². The highest BCUT2D eigenvalue weighted by molar-refractivity contribution is 5.97. The highest BCUT2D eigenvalue weighted by atomic mass is 16.5. The van der Waals surface area contributed by atoms with Crippen molar-refractivity contribution in [2.75, 3.05) is 13.1 Å². The molecule has 1 fully saturated rings. The van der Waals surface area contributed by atoms with Crippen molar-refractivity contribution in [3.8, 4) is 5.75 Å². The second-order valence-electron chi connectivity index (χ2n) is 5.95. The van der Waals surface area contributed by atoms with Gasteiger partial charge in [-0.1, -0.05) is 0 Å². The number of amides is 1. The summed E-state index contributed by atoms with van der Waals surface area (Å²) in [6, 6.07) is 9.24. The number of aromatic amines is 1. The van der Waals surface area contributed by atoms with Crippen molar-refractivity contribution in [3.63, 3.8) is 0 Å². The number of hydrogen-bond donors (Lipinski definition) is 1. The number of imidazole rings is 1. The first-order valence-electron chi connectivity index (χ1n) is 8.09. The lowest BCUT2D eigenvalue weighted by Gasteiger charge is -2.33. The number of ether oxygens (including phenoxy) is 1. The van der Waals surface area contributed by atoms with Crippen molar-refractivity contribution in [2.24, 2.45) is 0 Å². The first-order valence-corrected chi connectivity index (χ1v) is 8.09. The predicted octanol–water partition coefficient (Wildman–Crippen LogP) is 2.64. The van der Waals surface area contributed by atoms with Crippen molar-refractivity contribution in [2.45, 2.75) is 18.9 Å². The monoisotopic (exact) mass is 322 g/mol. The summed E-state index contributed by atoms with van der Waals surface area (Å²) >= 11 is 0. The van der Waals surface area contributed by atoms with E-state index in [2.05, 4.69) is 15.0 Å². The maximum atomic E-state index is 12.8. The minimum atomic E-state index is 0.0148. The fraction of sp³-hybridized carbons (Fsp3) is 0.278. The van der Waals surface area contributed by atoms with Gasteiger partial charge in [0.2, 0.25) is 0 Å². The molecule has 0 bridgehead atoms. The van der Waals surface area contributed by atoms with E-state index in [1.54, 1.807) is 18.7 Å². The van der Waals surface area contributed by atoms with Crippen molar-refractivity contribution in [1.29, 1.82) is 0 Å². The Kier molecular flexibility index (Phi) is 3.86. The minimum Gasteiger partial charge on any atom is -0.488 e. The topological polar surface area (TPSA) is 71.1 Å². The first kappa shape index (κ1) is 14.7. The van der Waals surface area contributed by atoms with Crippen LogP contribution in [0.1, 0.15) is 23.2 Å². The number of rotatable bonds is 3. The largest absolute Gasteiger partial charge is 0.488 e. The Morgan fingerprint density at radius 3 is 3.00 bits per heavy atom. The smallest absolute Gasteiger partial charge is 0.254 e. The molecule has 2 aromatic heterocycles. The molecule has 1 atom stereocenters. The van der Waals surface area contributed by atoms with Gasteiger partial charge in [-0.25, -0.2) is 4.98 Å². The molecule has 1 N–H and O–H groups in total. The van der Waals surface area contributed by atoms with E-state index in [9.17, 15) is 4.79 Å². The Hall–Kier alpha value is -2.89. The zero-order chi connectivity index (χ0) is 16.4. The van der Waals surface area contributed by atoms with E-state index in [-0.39, 0.29) is 12.0 Å². The standard InChI is InChI=1S/C18H18N4O2/c23-18(13-3-4-16-17(10-13)21-12-20-16)22-9-1-2-15(11-22)24-14-5-7-19-8-6-14/h3-8,10,12,15H,1-2,9,11H2,(H,20,21). The number of fused-ring (bicyclic) bond motifs is 1. The number of piperidine rings is 1. The number of likely N-dealkylation sites (tertiary alicyclic amines) is 1. The van der Waals surface area contributed by atoms with Crippen LogP contribution in [0.2, 0.25) is 0 Å². The molecule has 1 saturated heterocycles. The third kappa shape index (κ3) is 2.95. The molecular weight excluding hydrogens is 304 g/mol. The summed E-state index contributed by atoms with van der Waals surface area (Å²) < 4.78 is 5.98. The Balaban J connectivity index is 1.47. The Morgan fingerprint density at radius 1 is 1.25 bits per heavy atom. The van der Waals surface area contributed by atoms with E-state index < -0.39 is 0 Å². The summed E-state index contributed by atoms with van der Waals surface area (Å²) in [7, 11) is 0. The van der Waals surface area contributed by atoms with Gasteiger partial charge in [-0.2, -0.15) is 0 Å². The fourth-order valence-corrected chi connectivity index (χ4v) is 3.08. The molecule has 4 rings (SSSR count). The van der Waals surface area contributed by atoms with Crippen LogP contribution in [0.15, 0.2) is 49.1 Å². The molecule has 1 aliphatic rings. The molecule has 0 radical (unpaired) electrons. The van der Waals surface area contributed by atoms with Crippen LogP contribution in [0.5, 0.6) is 5.75 Å². The molecule has 1 aromatic carbocycles. The number of hydrogen-bond acceptors (Lipinski definition) is 4. The van der Waals surface area contributed by atoms with Crippen LogP contribution in [0.25, 0.3) is 11.0 Å². The number of aromatic nitrogens is 3. The van der Waals surface area contributed by atoms with Crippen LogP contribution in [-0.2, 0) is 0 Å². The van der Waals surface area contributed by atoms with Gasteiger partial charge in [-0.15, -0.1) is 0 Å². The van der Waals surface area contributed by atoms with Crippen molar-refractivity contribution < 1.29 is 9.53 Å². The molecule has 3 heterocycles. The SMILES string of the molecule is O=C(c1ccc2nc[nH]c2c1)N1CCCC(Oc2ccncc2)C1. The molecule has 24 heavy (non-hydrogen) atoms. The number of pyridine rings is 1. The lowest BCUT2D eigenvalue weighted by molar-refractivity contribution is 0.0538. The second kappa shape index (κ2) is 6.31. The molecule has 6 nitrogen and oxygen atoms in total. The summed E-state index contributed by atoms with van der Waals surface area (Å²) in [5, 5.41) is 0. The van der Waals surface area contributed by atoms with Gasteiger partial charge in [0, 0.05) is 24.5 Å². The maximum absolute atomic E-state index is 12.8. The number of benzene rings is 1. The van der Waals surface area contributed by atoms with E-state index in [1.165, 1.54) is 0 Å². The summed E-state index contributed by atoms with van der Waals surface area (Å²) in [6.07, 6.45) is 6.96. The van der Waals surface area contributed by atoms with E-state index >= 15 is 0 Å². The Morgan fingerprint density at radius 2 is 2.12 bits per heavy atom. The van der Waals surface area contributed by atoms with Gasteiger partial charge in [-0.3, -0.25) is 9.78 Å². The van der Waals surface area contributed by atoms with Crippen molar-refractivity contribution in [1.82, 2.24) is 19.9 Å². The highest BCUT2D eigenvalue weighted by Crippen LogP contribution is 2.20. The van der Waals surface area contributed by atoms with Crippen molar-refractivity contribution >= 4 is 16.9 Å². The number of H-pyrrole nitrogens is 1. The van der Waals surface area contributed by atoms with Crippen LogP contribution in [-0.4, -0.2) is 45.0 Å². The molecule has 0 saturated carbocycles. The molecule has 0 spiro atoms. The van der Waals surface area contributed by atoms with Gasteiger partial charge >= 0.3 is 0 Å². The van der Waals surface area contributed by atoms with E-state index in [4.69, 9.17) is 4.74 Å². The van der Waals surface area contributed by atoms with E-state index in [0.29, 0.717) is 12.1 Å². The molecule has 1 unspecified atom stereocenters. The quantitative estimate of drug-likeness (QED) is 0.805. The van der Waals surface area contributed by atoms with E-state index in [0.717, 1.165) is 36.2 Å². The summed E-state index contributed by atoms with van der Waals surface area (Å²) in [5.41, 5.74) is 2.42. The lowest BCUT2D eigenvalue weighted by Crippen LogP contribution is -2.44. The zero-order valence-corrected chi connectivity index (χ0v) is 13.2. The number of nitrogens with one attached hydrogen (secondary N) is 1. The normalized spacial score (nSPS) is 17.8. The van der Waals surface area contributed by atoms with Crippen LogP contribution < -0.4 is 4.74 Å². The number of nitrogens with zero attached hydrogens (tertiary/aromatic N) is 3. The highest BCUT2D eigenvalue weighted by Gasteiger charge is 2.25. The number of carbonyl (C=O) groups excluding carboxylic acids is 1. The molecule has 1 amide bonds. The van der Waals surface area contributed by atoms with E-state index in [1.807, 2.05) is 35.2 Å². The first-order chi connectivity index (χ1) is 11.8. The summed E-state index contributed by atoms with van der Waals surface area (Å²) in [5.74, 6) is 0.831. The fourth-order valence-electron chi connectivity index (χ4n) is 3.08. The van der Waals surface area contributed by atoms with Crippen molar-refractivity contribution in [3.05, 3.63) is 54.6 Å². The van der Waals surface area contributed by atoms with Crippen LogP contribution in [0.3, 0.4) is 0 Å². The maximum Gasteiger partial charge on any atom is 0.254 e. The zero-order valence-electron chi connectivity index (χ0n) is 13.2. The molecular formula is C18H18N4O2. The third-order valence-corrected chi connectivity index (χ3v) is 4.29. The summed E-state index contributed by atoms with van der Waals surface area (Å²) in [6.45, 7) is 1.36. The number of carbonyl (C=O) groups is 1. The predicted molar refractivity (Wildman–Crippen MR) is 89.9 cm³/mol. The molecule has 122 valence electrons. The van der Waals surface area contributed by atoms with Gasteiger partial charge in [-0.05, 0) is 43.2 Å². The van der Waals surface area contributed by atoms with Crippen LogP contribution >= 0.6 is 0 Å². The van der Waals surface area contributed by atoms with Gasteiger partial charge in [0.25, 0.3) is 5.91 Å².